The molecule has 0 aliphatic heterocycles. The van der Waals surface area contributed by atoms with Gasteiger partial charge in [-0.3, -0.25) is 0 Å². The fourth-order valence-corrected chi connectivity index (χ4v) is 2.37. The predicted molar refractivity (Wildman–Crippen MR) is 77.0 cm³/mol. The Hall–Kier alpha value is -2.69. The molecular formula is C16H13FN2O2. The lowest BCUT2D eigenvalue weighted by molar-refractivity contribution is 0.0698. The number of carboxylic acids is 1. The Labute approximate surface area is 120 Å². The minimum absolute atomic E-state index is 0.128. The molecule has 2 N–H and O–H groups in total. The summed E-state index contributed by atoms with van der Waals surface area (Å²) in [5.74, 6) is -1.16. The molecule has 0 bridgehead atoms. The second kappa shape index (κ2) is 5.01. The molecule has 1 aromatic heterocycles. The third kappa shape index (κ3) is 2.50. The van der Waals surface area contributed by atoms with Crippen molar-refractivity contribution in [1.29, 1.82) is 0 Å². The molecule has 3 aromatic rings. The van der Waals surface area contributed by atoms with Crippen molar-refractivity contribution in [2.45, 2.75) is 13.3 Å². The van der Waals surface area contributed by atoms with E-state index in [4.69, 9.17) is 5.11 Å². The number of hydrogen-bond donors (Lipinski definition) is 2. The quantitative estimate of drug-likeness (QED) is 0.775. The molecule has 0 aliphatic carbocycles. The van der Waals surface area contributed by atoms with Crippen molar-refractivity contribution in [3.05, 3.63) is 64.7 Å². The smallest absolute Gasteiger partial charge is 0.338 e. The maximum atomic E-state index is 13.4. The average molecular weight is 284 g/mol. The highest BCUT2D eigenvalue weighted by atomic mass is 19.1. The highest BCUT2D eigenvalue weighted by Crippen LogP contribution is 2.21. The number of aromatic carboxylic acids is 1. The van der Waals surface area contributed by atoms with E-state index in [0.717, 1.165) is 17.2 Å². The first-order chi connectivity index (χ1) is 10.0. The molecule has 0 amide bonds. The van der Waals surface area contributed by atoms with Crippen LogP contribution in [-0.4, -0.2) is 21.0 Å². The van der Waals surface area contributed by atoms with Crippen LogP contribution in [0.15, 0.2) is 36.4 Å². The van der Waals surface area contributed by atoms with Gasteiger partial charge in [-0.15, -0.1) is 0 Å². The second-order valence-electron chi connectivity index (χ2n) is 4.94. The summed E-state index contributed by atoms with van der Waals surface area (Å²) in [6.45, 7) is 2.00. The first-order valence-electron chi connectivity index (χ1n) is 6.50. The van der Waals surface area contributed by atoms with Gasteiger partial charge in [0.15, 0.2) is 0 Å². The molecule has 2 aromatic carbocycles. The molecule has 21 heavy (non-hydrogen) atoms. The molecule has 0 spiro atoms. The monoisotopic (exact) mass is 284 g/mol. The third-order valence-corrected chi connectivity index (χ3v) is 3.45. The van der Waals surface area contributed by atoms with Gasteiger partial charge < -0.3 is 10.1 Å². The SMILES string of the molecule is Cc1ccccc1Cc1nc2c(C(=O)O)cc(F)cc2[nH]1. The molecule has 1 heterocycles. The number of hydrogen-bond acceptors (Lipinski definition) is 2. The molecule has 0 fully saturated rings. The van der Waals surface area contributed by atoms with Crippen molar-refractivity contribution in [3.8, 4) is 0 Å². The molecule has 0 atom stereocenters. The number of rotatable bonds is 3. The number of nitrogens with zero attached hydrogens (tertiary/aromatic N) is 1. The van der Waals surface area contributed by atoms with Crippen molar-refractivity contribution in [1.82, 2.24) is 9.97 Å². The molecule has 3 rings (SSSR count). The van der Waals surface area contributed by atoms with Gasteiger partial charge in [-0.25, -0.2) is 14.2 Å². The fraction of sp³-hybridized carbons (Fsp3) is 0.125. The number of carbonyl (C=O) groups is 1. The van der Waals surface area contributed by atoms with Crippen LogP contribution >= 0.6 is 0 Å². The zero-order valence-electron chi connectivity index (χ0n) is 11.4. The number of halogens is 1. The van der Waals surface area contributed by atoms with E-state index in [9.17, 15) is 9.18 Å². The van der Waals surface area contributed by atoms with Gasteiger partial charge in [-0.2, -0.15) is 0 Å². The molecule has 106 valence electrons. The van der Waals surface area contributed by atoms with Gasteiger partial charge in [-0.1, -0.05) is 24.3 Å². The zero-order valence-corrected chi connectivity index (χ0v) is 11.4. The summed E-state index contributed by atoms with van der Waals surface area (Å²) in [7, 11) is 0. The van der Waals surface area contributed by atoms with E-state index < -0.39 is 11.8 Å². The molecule has 0 radical (unpaired) electrons. The van der Waals surface area contributed by atoms with Crippen LogP contribution in [0.25, 0.3) is 11.0 Å². The first-order valence-corrected chi connectivity index (χ1v) is 6.50. The van der Waals surface area contributed by atoms with Crippen molar-refractivity contribution >= 4 is 17.0 Å². The Kier molecular flexibility index (Phi) is 3.17. The Balaban J connectivity index is 2.07. The molecule has 0 saturated carbocycles. The number of fused-ring (bicyclic) bond motifs is 1. The molecule has 4 nitrogen and oxygen atoms in total. The van der Waals surface area contributed by atoms with Gasteiger partial charge >= 0.3 is 5.97 Å². The van der Waals surface area contributed by atoms with Crippen molar-refractivity contribution in [3.63, 3.8) is 0 Å². The minimum atomic E-state index is -1.19. The van der Waals surface area contributed by atoms with Gasteiger partial charge in [0, 0.05) is 6.42 Å². The Morgan fingerprint density at radius 3 is 2.81 bits per heavy atom. The van der Waals surface area contributed by atoms with Gasteiger partial charge in [0.25, 0.3) is 0 Å². The van der Waals surface area contributed by atoms with E-state index in [1.54, 1.807) is 0 Å². The first kappa shape index (κ1) is 13.3. The topological polar surface area (TPSA) is 66.0 Å². The van der Waals surface area contributed by atoms with Gasteiger partial charge in [0.05, 0.1) is 11.1 Å². The predicted octanol–water partition coefficient (Wildman–Crippen LogP) is 3.30. The normalized spacial score (nSPS) is 11.0. The highest BCUT2D eigenvalue weighted by Gasteiger charge is 2.15. The Morgan fingerprint density at radius 2 is 2.10 bits per heavy atom. The lowest BCUT2D eigenvalue weighted by Gasteiger charge is -2.02. The van der Waals surface area contributed by atoms with E-state index >= 15 is 0 Å². The highest BCUT2D eigenvalue weighted by molar-refractivity contribution is 6.01. The van der Waals surface area contributed by atoms with Crippen LogP contribution in [-0.2, 0) is 6.42 Å². The lowest BCUT2D eigenvalue weighted by atomic mass is 10.1. The van der Waals surface area contributed by atoms with Gasteiger partial charge in [-0.05, 0) is 30.2 Å². The third-order valence-electron chi connectivity index (χ3n) is 3.45. The van der Waals surface area contributed by atoms with Crippen molar-refractivity contribution in [2.75, 3.05) is 0 Å². The second-order valence-corrected chi connectivity index (χ2v) is 4.94. The summed E-state index contributed by atoms with van der Waals surface area (Å²) < 4.78 is 13.4. The largest absolute Gasteiger partial charge is 0.478 e. The summed E-state index contributed by atoms with van der Waals surface area (Å²) in [5.41, 5.74) is 2.78. The maximum Gasteiger partial charge on any atom is 0.338 e. The Bertz CT molecular complexity index is 839. The van der Waals surface area contributed by atoms with E-state index in [0.29, 0.717) is 17.8 Å². The number of carboxylic acid groups (broad SMARTS) is 1. The molecule has 0 aliphatic rings. The molecule has 5 heteroatoms. The van der Waals surface area contributed by atoms with Gasteiger partial charge in [0.1, 0.15) is 17.2 Å². The summed E-state index contributed by atoms with van der Waals surface area (Å²) in [4.78, 5) is 18.5. The number of benzene rings is 2. The average Bonchev–Trinajstić information content (AvgIpc) is 2.82. The summed E-state index contributed by atoms with van der Waals surface area (Å²) in [5, 5.41) is 9.13. The fourth-order valence-electron chi connectivity index (χ4n) is 2.37. The standard InChI is InChI=1S/C16H13FN2O2/c1-9-4-2-3-5-10(9)6-14-18-13-8-11(17)7-12(16(20)21)15(13)19-14/h2-5,7-8H,6H2,1H3,(H,18,19)(H,20,21). The van der Waals surface area contributed by atoms with E-state index in [1.807, 2.05) is 31.2 Å². The number of aromatic nitrogens is 2. The van der Waals surface area contributed by atoms with Crippen LogP contribution in [0, 0.1) is 12.7 Å². The number of imidazole rings is 1. The van der Waals surface area contributed by atoms with Crippen LogP contribution < -0.4 is 0 Å². The molecule has 0 unspecified atom stereocenters. The van der Waals surface area contributed by atoms with Crippen molar-refractivity contribution in [2.24, 2.45) is 0 Å². The van der Waals surface area contributed by atoms with Crippen LogP contribution in [0.4, 0.5) is 4.39 Å². The van der Waals surface area contributed by atoms with Crippen LogP contribution in [0.5, 0.6) is 0 Å². The molecular weight excluding hydrogens is 271 g/mol. The molecule has 0 saturated heterocycles. The summed E-state index contributed by atoms with van der Waals surface area (Å²) >= 11 is 0. The van der Waals surface area contributed by atoms with Gasteiger partial charge in [0.2, 0.25) is 0 Å². The lowest BCUT2D eigenvalue weighted by Crippen LogP contribution is -1.98. The van der Waals surface area contributed by atoms with Crippen LogP contribution in [0.2, 0.25) is 0 Å². The van der Waals surface area contributed by atoms with E-state index in [-0.39, 0.29) is 11.1 Å². The van der Waals surface area contributed by atoms with E-state index in [1.165, 1.54) is 6.07 Å². The van der Waals surface area contributed by atoms with Crippen LogP contribution in [0.1, 0.15) is 27.3 Å². The zero-order chi connectivity index (χ0) is 15.0. The number of nitrogens with one attached hydrogen (secondary N) is 1. The van der Waals surface area contributed by atoms with Crippen molar-refractivity contribution < 1.29 is 14.3 Å². The summed E-state index contributed by atoms with van der Waals surface area (Å²) in [6, 6.07) is 10.1. The number of aryl methyl sites for hydroxylation is 1. The summed E-state index contributed by atoms with van der Waals surface area (Å²) in [6.07, 6.45) is 0.544. The maximum absolute atomic E-state index is 13.4. The van der Waals surface area contributed by atoms with E-state index in [2.05, 4.69) is 9.97 Å². The number of aromatic amines is 1. The number of H-pyrrole nitrogens is 1. The Morgan fingerprint density at radius 1 is 1.33 bits per heavy atom. The minimum Gasteiger partial charge on any atom is -0.478 e. The van der Waals surface area contributed by atoms with Crippen LogP contribution in [0.3, 0.4) is 0 Å².